The van der Waals surface area contributed by atoms with Crippen LogP contribution in [-0.2, 0) is 17.8 Å². The van der Waals surface area contributed by atoms with E-state index in [9.17, 15) is 14.0 Å². The molecule has 8 heteroatoms. The van der Waals surface area contributed by atoms with Crippen molar-refractivity contribution in [1.29, 1.82) is 0 Å². The number of nitrogens with zero attached hydrogens (tertiary/aromatic N) is 1. The zero-order chi connectivity index (χ0) is 24.6. The second-order valence-electron chi connectivity index (χ2n) is 8.40. The van der Waals surface area contributed by atoms with Gasteiger partial charge in [-0.2, -0.15) is 0 Å². The van der Waals surface area contributed by atoms with Crippen molar-refractivity contribution in [1.82, 2.24) is 4.90 Å². The van der Waals surface area contributed by atoms with Gasteiger partial charge < -0.3 is 24.8 Å². The van der Waals surface area contributed by atoms with Crippen molar-refractivity contribution < 1.29 is 28.6 Å². The summed E-state index contributed by atoms with van der Waals surface area (Å²) in [5.41, 5.74) is 1.97. The number of carboxylic acids is 1. The van der Waals surface area contributed by atoms with E-state index in [1.807, 2.05) is 30.3 Å². The number of carbonyl (C=O) groups is 2. The molecule has 182 valence electrons. The van der Waals surface area contributed by atoms with E-state index < -0.39 is 5.97 Å². The molecule has 3 aromatic carbocycles. The number of halogens is 1. The fraction of sp³-hybridized carbons (Fsp3) is 0.259. The van der Waals surface area contributed by atoms with Crippen LogP contribution in [0.15, 0.2) is 72.8 Å². The van der Waals surface area contributed by atoms with E-state index >= 15 is 0 Å². The molecule has 0 atom stereocenters. The molecule has 35 heavy (non-hydrogen) atoms. The first-order valence-electron chi connectivity index (χ1n) is 11.5. The number of aliphatic carboxylic acids is 1. The third kappa shape index (κ3) is 7.20. The Morgan fingerprint density at radius 3 is 2.34 bits per heavy atom. The third-order valence-electron chi connectivity index (χ3n) is 5.68. The lowest BCUT2D eigenvalue weighted by atomic mass is 10.1. The highest BCUT2D eigenvalue weighted by Gasteiger charge is 2.24. The standard InChI is InChI=1S/C27H27FN2O5/c28-21-5-1-4-20(15-21)18-34-23-7-9-24(10-8-23)35-25-11-13-30(14-12-25)27(33)29-22-6-2-3-19(16-22)17-26(31)32/h1-10,15-16,25H,11-14,17-18H2,(H,29,33)(H,31,32). The molecule has 0 unspecified atom stereocenters. The average molecular weight is 479 g/mol. The van der Waals surface area contributed by atoms with Crippen molar-refractivity contribution in [3.63, 3.8) is 0 Å². The minimum absolute atomic E-state index is 0.00277. The molecule has 2 N–H and O–H groups in total. The minimum atomic E-state index is -0.915. The number of piperidine rings is 1. The molecule has 1 aliphatic heterocycles. The number of likely N-dealkylation sites (tertiary alicyclic amines) is 1. The van der Waals surface area contributed by atoms with Crippen LogP contribution in [0.1, 0.15) is 24.0 Å². The van der Waals surface area contributed by atoms with Crippen LogP contribution in [0.4, 0.5) is 14.9 Å². The summed E-state index contributed by atoms with van der Waals surface area (Å²) in [7, 11) is 0. The molecule has 0 radical (unpaired) electrons. The summed E-state index contributed by atoms with van der Waals surface area (Å²) in [6, 6.07) is 20.3. The second-order valence-corrected chi connectivity index (χ2v) is 8.40. The average Bonchev–Trinajstić information content (AvgIpc) is 2.84. The SMILES string of the molecule is O=C(O)Cc1cccc(NC(=O)N2CCC(Oc3ccc(OCc4cccc(F)c4)cc3)CC2)c1. The van der Waals surface area contributed by atoms with Crippen molar-refractivity contribution in [2.45, 2.75) is 32.0 Å². The normalized spacial score (nSPS) is 13.8. The van der Waals surface area contributed by atoms with E-state index in [0.29, 0.717) is 42.9 Å². The number of ether oxygens (including phenoxy) is 2. The van der Waals surface area contributed by atoms with Gasteiger partial charge >= 0.3 is 12.0 Å². The first-order chi connectivity index (χ1) is 16.9. The number of urea groups is 1. The maximum Gasteiger partial charge on any atom is 0.321 e. The highest BCUT2D eigenvalue weighted by molar-refractivity contribution is 5.89. The van der Waals surface area contributed by atoms with Crippen molar-refractivity contribution >= 4 is 17.7 Å². The predicted octanol–water partition coefficient (Wildman–Crippen LogP) is 5.11. The maximum absolute atomic E-state index is 13.3. The second kappa shape index (κ2) is 11.4. The molecule has 2 amide bonds. The molecule has 1 saturated heterocycles. The van der Waals surface area contributed by atoms with Gasteiger partial charge in [-0.1, -0.05) is 24.3 Å². The fourth-order valence-electron chi connectivity index (χ4n) is 3.91. The van der Waals surface area contributed by atoms with Crippen LogP contribution in [0, 0.1) is 5.82 Å². The number of carbonyl (C=O) groups excluding carboxylic acids is 1. The molecule has 1 aliphatic rings. The Labute approximate surface area is 203 Å². The number of nitrogens with one attached hydrogen (secondary N) is 1. The van der Waals surface area contributed by atoms with E-state index in [4.69, 9.17) is 14.6 Å². The Morgan fingerprint density at radius 1 is 0.943 bits per heavy atom. The summed E-state index contributed by atoms with van der Waals surface area (Å²) in [5.74, 6) is 0.187. The highest BCUT2D eigenvalue weighted by atomic mass is 19.1. The molecule has 3 aromatic rings. The summed E-state index contributed by atoms with van der Waals surface area (Å²) in [6.45, 7) is 1.39. The number of amides is 2. The van der Waals surface area contributed by atoms with Crippen LogP contribution in [0.2, 0.25) is 0 Å². The van der Waals surface area contributed by atoms with Crippen molar-refractivity contribution in [2.24, 2.45) is 0 Å². The molecule has 7 nitrogen and oxygen atoms in total. The molecule has 4 rings (SSSR count). The van der Waals surface area contributed by atoms with Gasteiger partial charge in [0.25, 0.3) is 0 Å². The molecular weight excluding hydrogens is 451 g/mol. The zero-order valence-corrected chi connectivity index (χ0v) is 19.2. The number of carboxylic acid groups (broad SMARTS) is 1. The van der Waals surface area contributed by atoms with Gasteiger partial charge in [-0.25, -0.2) is 9.18 Å². The predicted molar refractivity (Wildman–Crippen MR) is 129 cm³/mol. The van der Waals surface area contributed by atoms with Crippen molar-refractivity contribution in [3.05, 3.63) is 89.7 Å². The molecule has 0 aromatic heterocycles. The van der Waals surface area contributed by atoms with Crippen LogP contribution in [0.5, 0.6) is 11.5 Å². The number of hydrogen-bond donors (Lipinski definition) is 2. The largest absolute Gasteiger partial charge is 0.490 e. The Kier molecular flexibility index (Phi) is 7.82. The molecule has 1 fully saturated rings. The van der Waals surface area contributed by atoms with Gasteiger partial charge in [-0.3, -0.25) is 4.79 Å². The summed E-state index contributed by atoms with van der Waals surface area (Å²) < 4.78 is 25.0. The van der Waals surface area contributed by atoms with E-state index in [2.05, 4.69) is 5.32 Å². The monoisotopic (exact) mass is 478 g/mol. The van der Waals surface area contributed by atoms with Crippen LogP contribution < -0.4 is 14.8 Å². The Morgan fingerprint density at radius 2 is 1.63 bits per heavy atom. The number of hydrogen-bond acceptors (Lipinski definition) is 4. The molecular formula is C27H27FN2O5. The zero-order valence-electron chi connectivity index (χ0n) is 19.2. The molecule has 0 aliphatic carbocycles. The summed E-state index contributed by atoms with van der Waals surface area (Å²) >= 11 is 0. The Hall–Kier alpha value is -4.07. The molecule has 1 heterocycles. The van der Waals surface area contributed by atoms with Crippen LogP contribution in [0.25, 0.3) is 0 Å². The van der Waals surface area contributed by atoms with E-state index in [1.54, 1.807) is 35.2 Å². The van der Waals surface area contributed by atoms with Crippen molar-refractivity contribution in [3.8, 4) is 11.5 Å². The van der Waals surface area contributed by atoms with E-state index in [-0.39, 0.29) is 31.0 Å². The molecule has 0 bridgehead atoms. The van der Waals surface area contributed by atoms with Gasteiger partial charge in [0.1, 0.15) is 30.0 Å². The number of anilines is 1. The molecule has 0 spiro atoms. The fourth-order valence-corrected chi connectivity index (χ4v) is 3.91. The van der Waals surface area contributed by atoms with E-state index in [1.165, 1.54) is 12.1 Å². The smallest absolute Gasteiger partial charge is 0.321 e. The van der Waals surface area contributed by atoms with Gasteiger partial charge in [-0.05, 0) is 59.7 Å². The van der Waals surface area contributed by atoms with Gasteiger partial charge in [-0.15, -0.1) is 0 Å². The highest BCUT2D eigenvalue weighted by Crippen LogP contribution is 2.23. The first kappa shape index (κ1) is 24.1. The van der Waals surface area contributed by atoms with Crippen LogP contribution in [-0.4, -0.2) is 41.2 Å². The summed E-state index contributed by atoms with van der Waals surface area (Å²) in [6.07, 6.45) is 1.30. The van der Waals surface area contributed by atoms with E-state index in [0.717, 1.165) is 11.3 Å². The van der Waals surface area contributed by atoms with Gasteiger partial charge in [0.15, 0.2) is 0 Å². The van der Waals surface area contributed by atoms with Gasteiger partial charge in [0.2, 0.25) is 0 Å². The lowest BCUT2D eigenvalue weighted by Crippen LogP contribution is -2.43. The molecule has 0 saturated carbocycles. The lowest BCUT2D eigenvalue weighted by molar-refractivity contribution is -0.136. The van der Waals surface area contributed by atoms with Gasteiger partial charge in [0.05, 0.1) is 6.42 Å². The quantitative estimate of drug-likeness (QED) is 0.470. The minimum Gasteiger partial charge on any atom is -0.490 e. The summed E-state index contributed by atoms with van der Waals surface area (Å²) in [5, 5.41) is 11.8. The first-order valence-corrected chi connectivity index (χ1v) is 11.5. The topological polar surface area (TPSA) is 88.1 Å². The summed E-state index contributed by atoms with van der Waals surface area (Å²) in [4.78, 5) is 25.2. The number of benzene rings is 3. The number of rotatable bonds is 8. The van der Waals surface area contributed by atoms with Crippen LogP contribution in [0.3, 0.4) is 0 Å². The van der Waals surface area contributed by atoms with Gasteiger partial charge in [0, 0.05) is 31.6 Å². The lowest BCUT2D eigenvalue weighted by Gasteiger charge is -2.32. The van der Waals surface area contributed by atoms with Crippen molar-refractivity contribution in [2.75, 3.05) is 18.4 Å². The maximum atomic E-state index is 13.3. The Balaban J connectivity index is 1.21. The Bertz CT molecular complexity index is 1160. The van der Waals surface area contributed by atoms with Crippen LogP contribution >= 0.6 is 0 Å². The third-order valence-corrected chi connectivity index (χ3v) is 5.68.